The van der Waals surface area contributed by atoms with E-state index in [0.29, 0.717) is 0 Å². The third-order valence-electron chi connectivity index (χ3n) is 5.42. The minimum Gasteiger partial charge on any atom is -0.0735 e. The van der Waals surface area contributed by atoms with Gasteiger partial charge in [0, 0.05) is 26.2 Å². The van der Waals surface area contributed by atoms with E-state index in [1.54, 1.807) is 0 Å². The van der Waals surface area contributed by atoms with Crippen molar-refractivity contribution in [3.8, 4) is 11.1 Å². The van der Waals surface area contributed by atoms with Gasteiger partial charge in [0.15, 0.2) is 0 Å². The molecule has 1 fully saturated rings. The van der Waals surface area contributed by atoms with E-state index in [1.807, 2.05) is 0 Å². The second-order valence-electron chi connectivity index (χ2n) is 7.11. The second-order valence-corrected chi connectivity index (χ2v) is 7.11. The van der Waals surface area contributed by atoms with Crippen LogP contribution in [0.1, 0.15) is 44.6 Å². The monoisotopic (exact) mass is 403 g/mol. The predicted octanol–water partition coefficient (Wildman–Crippen LogP) is 4.87. The molecule has 4 rings (SSSR count). The molecule has 0 nitrogen and oxygen atoms in total. The molecule has 0 saturated heterocycles. The SMILES string of the molecule is CCc1ccc(-c2cccc3c2=CC(=CC2CCCCC2)[C]=3)cc1.[Zr]. The first-order valence-corrected chi connectivity index (χ1v) is 9.39. The molecule has 0 amide bonds. The summed E-state index contributed by atoms with van der Waals surface area (Å²) in [6.07, 6.45) is 16.4. The van der Waals surface area contributed by atoms with Gasteiger partial charge in [-0.25, -0.2) is 0 Å². The fourth-order valence-corrected chi connectivity index (χ4v) is 3.99. The van der Waals surface area contributed by atoms with E-state index in [2.05, 4.69) is 67.6 Å². The molecule has 2 aliphatic carbocycles. The molecular weight excluding hydrogens is 379 g/mol. The van der Waals surface area contributed by atoms with Crippen molar-refractivity contribution in [2.24, 2.45) is 5.92 Å². The van der Waals surface area contributed by atoms with E-state index in [1.165, 1.54) is 64.8 Å². The molecule has 0 aromatic heterocycles. The van der Waals surface area contributed by atoms with Gasteiger partial charge < -0.3 is 0 Å². The van der Waals surface area contributed by atoms with Crippen LogP contribution in [-0.4, -0.2) is 0 Å². The van der Waals surface area contributed by atoms with Gasteiger partial charge in [-0.2, -0.15) is 0 Å². The molecule has 2 aromatic carbocycles. The summed E-state index contributed by atoms with van der Waals surface area (Å²) >= 11 is 0. The molecule has 0 unspecified atom stereocenters. The molecule has 125 valence electrons. The molecule has 0 atom stereocenters. The Hall–Kier alpha value is -1.20. The van der Waals surface area contributed by atoms with Crippen molar-refractivity contribution in [1.29, 1.82) is 0 Å². The van der Waals surface area contributed by atoms with Crippen molar-refractivity contribution >= 4 is 12.2 Å². The molecule has 25 heavy (non-hydrogen) atoms. The molecular formula is C24H25Zr. The second kappa shape index (κ2) is 8.46. The topological polar surface area (TPSA) is 0 Å². The smallest absolute Gasteiger partial charge is 0 e. The Balaban J connectivity index is 0.00000182. The van der Waals surface area contributed by atoms with Crippen molar-refractivity contribution < 1.29 is 26.2 Å². The number of fused-ring (bicyclic) bond motifs is 1. The molecule has 2 aromatic rings. The van der Waals surface area contributed by atoms with Crippen LogP contribution in [0.25, 0.3) is 23.3 Å². The van der Waals surface area contributed by atoms with Gasteiger partial charge in [0.05, 0.1) is 0 Å². The van der Waals surface area contributed by atoms with Crippen LogP contribution in [0.5, 0.6) is 0 Å². The first kappa shape index (κ1) is 18.6. The van der Waals surface area contributed by atoms with Gasteiger partial charge in [0.2, 0.25) is 0 Å². The quantitative estimate of drug-likeness (QED) is 0.684. The van der Waals surface area contributed by atoms with Crippen molar-refractivity contribution in [3.63, 3.8) is 0 Å². The van der Waals surface area contributed by atoms with Gasteiger partial charge in [0.1, 0.15) is 0 Å². The Labute approximate surface area is 170 Å². The summed E-state index contributed by atoms with van der Waals surface area (Å²) in [6, 6.07) is 15.6. The Morgan fingerprint density at radius 2 is 1.76 bits per heavy atom. The molecule has 2 aliphatic rings. The molecule has 1 saturated carbocycles. The zero-order chi connectivity index (χ0) is 16.4. The van der Waals surface area contributed by atoms with Crippen molar-refractivity contribution in [2.75, 3.05) is 0 Å². The number of hydrogen-bond donors (Lipinski definition) is 0. The first-order chi connectivity index (χ1) is 11.8. The predicted molar refractivity (Wildman–Crippen MR) is 103 cm³/mol. The van der Waals surface area contributed by atoms with Gasteiger partial charge in [-0.15, -0.1) is 0 Å². The van der Waals surface area contributed by atoms with Crippen LogP contribution in [0.2, 0.25) is 0 Å². The van der Waals surface area contributed by atoms with Gasteiger partial charge in [0.25, 0.3) is 0 Å². The van der Waals surface area contributed by atoms with E-state index < -0.39 is 0 Å². The first-order valence-electron chi connectivity index (χ1n) is 9.39. The third-order valence-corrected chi connectivity index (χ3v) is 5.42. The minimum atomic E-state index is 0. The van der Waals surface area contributed by atoms with Crippen LogP contribution in [-0.2, 0) is 32.6 Å². The Morgan fingerprint density at radius 3 is 2.48 bits per heavy atom. The molecule has 0 bridgehead atoms. The summed E-state index contributed by atoms with van der Waals surface area (Å²) in [7, 11) is 0. The van der Waals surface area contributed by atoms with Crippen LogP contribution in [0.3, 0.4) is 0 Å². The van der Waals surface area contributed by atoms with Gasteiger partial charge in [-0.3, -0.25) is 0 Å². The van der Waals surface area contributed by atoms with E-state index >= 15 is 0 Å². The molecule has 0 N–H and O–H groups in total. The van der Waals surface area contributed by atoms with Crippen molar-refractivity contribution in [1.82, 2.24) is 0 Å². The Bertz CT molecular complexity index is 865. The van der Waals surface area contributed by atoms with Crippen LogP contribution < -0.4 is 10.4 Å². The fourth-order valence-electron chi connectivity index (χ4n) is 3.99. The standard InChI is InChI=1S/C24H25.Zr/c1-2-18-11-13-21(14-12-18)23-10-6-9-22-16-20(17-24(22)23)15-19-7-4-3-5-8-19;/h6,9-15,17,19H,2-5,7-8H2,1H3;. The maximum absolute atomic E-state index is 3.62. The normalized spacial score (nSPS) is 18.2. The van der Waals surface area contributed by atoms with E-state index in [0.717, 1.165) is 12.3 Å². The molecule has 0 aliphatic heterocycles. The summed E-state index contributed by atoms with van der Waals surface area (Å²) in [5, 5.41) is 2.58. The number of rotatable bonds is 3. The summed E-state index contributed by atoms with van der Waals surface area (Å²) in [4.78, 5) is 0. The molecule has 1 heteroatoms. The average molecular weight is 405 g/mol. The summed E-state index contributed by atoms with van der Waals surface area (Å²) in [5.41, 5.74) is 5.32. The Kier molecular flexibility index (Phi) is 6.29. The van der Waals surface area contributed by atoms with Gasteiger partial charge in [-0.05, 0) is 70.0 Å². The van der Waals surface area contributed by atoms with Crippen molar-refractivity contribution in [3.05, 3.63) is 70.1 Å². The molecule has 0 spiro atoms. The summed E-state index contributed by atoms with van der Waals surface area (Å²) < 4.78 is 0. The number of benzene rings is 2. The van der Waals surface area contributed by atoms with E-state index in [-0.39, 0.29) is 26.2 Å². The van der Waals surface area contributed by atoms with Crippen molar-refractivity contribution in [2.45, 2.75) is 45.4 Å². The van der Waals surface area contributed by atoms with Gasteiger partial charge in [-0.1, -0.05) is 74.7 Å². The zero-order valence-electron chi connectivity index (χ0n) is 15.0. The largest absolute Gasteiger partial charge is 0.0735 e. The maximum Gasteiger partial charge on any atom is 0 e. The van der Waals surface area contributed by atoms with Crippen LogP contribution in [0.4, 0.5) is 0 Å². The number of allylic oxidation sites excluding steroid dienone is 2. The summed E-state index contributed by atoms with van der Waals surface area (Å²) in [6.45, 7) is 2.20. The average Bonchev–Trinajstić information content (AvgIpc) is 3.05. The fraction of sp³-hybridized carbons (Fsp3) is 0.333. The molecule has 1 radical (unpaired) electrons. The Morgan fingerprint density at radius 1 is 1.00 bits per heavy atom. The zero-order valence-corrected chi connectivity index (χ0v) is 17.5. The van der Waals surface area contributed by atoms with E-state index in [9.17, 15) is 0 Å². The number of aryl methyl sites for hydroxylation is 1. The van der Waals surface area contributed by atoms with Crippen LogP contribution in [0.15, 0.2) is 54.1 Å². The number of hydrogen-bond acceptors (Lipinski definition) is 0. The minimum absolute atomic E-state index is 0. The van der Waals surface area contributed by atoms with Crippen LogP contribution >= 0.6 is 0 Å². The summed E-state index contributed by atoms with van der Waals surface area (Å²) in [5.74, 6) is 0.749. The van der Waals surface area contributed by atoms with Gasteiger partial charge >= 0.3 is 0 Å². The van der Waals surface area contributed by atoms with E-state index in [4.69, 9.17) is 0 Å². The molecule has 0 heterocycles. The maximum atomic E-state index is 3.62. The van der Waals surface area contributed by atoms with Crippen LogP contribution in [0, 0.1) is 5.92 Å². The third kappa shape index (κ3) is 4.14.